The van der Waals surface area contributed by atoms with Crippen LogP contribution in [0.3, 0.4) is 0 Å². The van der Waals surface area contributed by atoms with Gasteiger partial charge in [-0.1, -0.05) is 0 Å². The predicted octanol–water partition coefficient (Wildman–Crippen LogP) is 0.815. The smallest absolute Gasteiger partial charge is 0.223 e. The van der Waals surface area contributed by atoms with Gasteiger partial charge in [-0.15, -0.1) is 10.2 Å². The zero-order valence-electron chi connectivity index (χ0n) is 16.2. The quantitative estimate of drug-likeness (QED) is 0.536. The number of pyridine rings is 1. The van der Waals surface area contributed by atoms with Crippen LogP contribution in [0.5, 0.6) is 0 Å². The first-order valence-corrected chi connectivity index (χ1v) is 11.2. The Morgan fingerprint density at radius 2 is 1.72 bits per heavy atom. The summed E-state index contributed by atoms with van der Waals surface area (Å²) in [5.41, 5.74) is 0.875. The maximum Gasteiger partial charge on any atom is 0.223 e. The number of carbonyl (C=O) groups excluding carboxylic acids is 1. The number of hydrogen-bond acceptors (Lipinski definition) is 8. The molecule has 3 N–H and O–H groups in total. The Bertz CT molecular complexity index is 899. The molecule has 1 aliphatic rings. The van der Waals surface area contributed by atoms with Crippen molar-refractivity contribution in [2.75, 3.05) is 43.1 Å². The van der Waals surface area contributed by atoms with Crippen LogP contribution in [-0.4, -0.2) is 66.2 Å². The van der Waals surface area contributed by atoms with Gasteiger partial charge in [-0.25, -0.2) is 12.7 Å². The Morgan fingerprint density at radius 1 is 1.07 bits per heavy atom. The number of sulfonamides is 1. The third-order valence-corrected chi connectivity index (χ3v) is 5.94. The molecule has 2 aromatic rings. The fraction of sp³-hybridized carbons (Fsp3) is 0.444. The van der Waals surface area contributed by atoms with E-state index in [-0.39, 0.29) is 11.8 Å². The number of aromatic nitrogens is 3. The van der Waals surface area contributed by atoms with Gasteiger partial charge in [0.05, 0.1) is 6.26 Å². The van der Waals surface area contributed by atoms with Gasteiger partial charge in [0.1, 0.15) is 5.82 Å². The minimum absolute atomic E-state index is 0.0389. The van der Waals surface area contributed by atoms with Gasteiger partial charge in [-0.05, 0) is 37.1 Å². The van der Waals surface area contributed by atoms with Crippen molar-refractivity contribution < 1.29 is 13.2 Å². The summed E-state index contributed by atoms with van der Waals surface area (Å²) in [6, 6.07) is 7.28. The van der Waals surface area contributed by atoms with Gasteiger partial charge in [-0.3, -0.25) is 9.78 Å². The minimum Gasteiger partial charge on any atom is -0.367 e. The lowest BCUT2D eigenvalue weighted by molar-refractivity contribution is -0.126. The number of hydrogen-bond donors (Lipinski definition) is 3. The monoisotopic (exact) mass is 419 g/mol. The van der Waals surface area contributed by atoms with E-state index in [4.69, 9.17) is 0 Å². The van der Waals surface area contributed by atoms with Crippen LogP contribution in [0.25, 0.3) is 0 Å². The number of anilines is 3. The largest absolute Gasteiger partial charge is 0.367 e. The van der Waals surface area contributed by atoms with Crippen LogP contribution in [0.4, 0.5) is 17.3 Å². The SMILES string of the molecule is CS(=O)(=O)N1CCC(C(=O)NCCNc2ccc(Nc3ccncc3)nn2)CC1. The van der Waals surface area contributed by atoms with Crippen LogP contribution >= 0.6 is 0 Å². The van der Waals surface area contributed by atoms with Crippen molar-refractivity contribution in [1.82, 2.24) is 24.8 Å². The third kappa shape index (κ3) is 6.36. The van der Waals surface area contributed by atoms with Crippen molar-refractivity contribution in [2.24, 2.45) is 5.92 Å². The van der Waals surface area contributed by atoms with Crippen molar-refractivity contribution in [2.45, 2.75) is 12.8 Å². The van der Waals surface area contributed by atoms with E-state index in [2.05, 4.69) is 31.1 Å². The topological polar surface area (TPSA) is 129 Å². The van der Waals surface area contributed by atoms with Gasteiger partial charge in [0.2, 0.25) is 15.9 Å². The molecule has 0 spiro atoms. The highest BCUT2D eigenvalue weighted by Crippen LogP contribution is 2.19. The third-order valence-electron chi connectivity index (χ3n) is 4.64. The van der Waals surface area contributed by atoms with Crippen LogP contribution in [0, 0.1) is 5.92 Å². The van der Waals surface area contributed by atoms with Crippen LogP contribution < -0.4 is 16.0 Å². The van der Waals surface area contributed by atoms with Gasteiger partial charge < -0.3 is 16.0 Å². The van der Waals surface area contributed by atoms with Gasteiger partial charge in [0.15, 0.2) is 5.82 Å². The van der Waals surface area contributed by atoms with Crippen LogP contribution in [0.1, 0.15) is 12.8 Å². The average molecular weight is 420 g/mol. The molecule has 0 saturated carbocycles. The molecule has 0 radical (unpaired) electrons. The first kappa shape index (κ1) is 20.9. The standard InChI is InChI=1S/C18H25N7O3S/c1-29(27,28)25-12-6-14(7-13-25)18(26)21-11-10-20-16-2-3-17(24-23-16)22-15-4-8-19-9-5-15/h2-5,8-9,14H,6-7,10-13H2,1H3,(H,20,23)(H,21,26)(H,19,22,24). The molecule has 1 amide bonds. The lowest BCUT2D eigenvalue weighted by Gasteiger charge is -2.29. The van der Waals surface area contributed by atoms with E-state index in [1.807, 2.05) is 18.2 Å². The Kier molecular flexibility index (Phi) is 6.94. The zero-order valence-corrected chi connectivity index (χ0v) is 17.0. The first-order valence-electron chi connectivity index (χ1n) is 9.39. The van der Waals surface area contributed by atoms with Crippen molar-refractivity contribution in [3.8, 4) is 0 Å². The van der Waals surface area contributed by atoms with E-state index in [0.29, 0.717) is 50.7 Å². The maximum atomic E-state index is 12.2. The predicted molar refractivity (Wildman–Crippen MR) is 110 cm³/mol. The van der Waals surface area contributed by atoms with E-state index >= 15 is 0 Å². The zero-order chi connectivity index (χ0) is 20.7. The van der Waals surface area contributed by atoms with E-state index in [1.54, 1.807) is 18.5 Å². The van der Waals surface area contributed by atoms with Crippen molar-refractivity contribution >= 4 is 33.3 Å². The van der Waals surface area contributed by atoms with E-state index in [0.717, 1.165) is 5.69 Å². The van der Waals surface area contributed by atoms with Crippen LogP contribution in [-0.2, 0) is 14.8 Å². The molecule has 156 valence electrons. The van der Waals surface area contributed by atoms with Gasteiger partial charge in [0.25, 0.3) is 0 Å². The number of nitrogens with zero attached hydrogens (tertiary/aromatic N) is 4. The lowest BCUT2D eigenvalue weighted by Crippen LogP contribution is -2.43. The molecule has 1 saturated heterocycles. The fourth-order valence-corrected chi connectivity index (χ4v) is 3.92. The summed E-state index contributed by atoms with van der Waals surface area (Å²) in [6.45, 7) is 1.75. The summed E-state index contributed by atoms with van der Waals surface area (Å²) in [6.07, 6.45) is 5.67. The molecule has 11 heteroatoms. The van der Waals surface area contributed by atoms with Crippen molar-refractivity contribution in [3.05, 3.63) is 36.7 Å². The number of nitrogens with one attached hydrogen (secondary N) is 3. The van der Waals surface area contributed by atoms with E-state index < -0.39 is 10.0 Å². The summed E-state index contributed by atoms with van der Waals surface area (Å²) >= 11 is 0. The highest BCUT2D eigenvalue weighted by molar-refractivity contribution is 7.88. The van der Waals surface area contributed by atoms with E-state index in [9.17, 15) is 13.2 Å². The Labute approximate surface area is 170 Å². The summed E-state index contributed by atoms with van der Waals surface area (Å²) in [7, 11) is -3.18. The second-order valence-electron chi connectivity index (χ2n) is 6.82. The Balaban J connectivity index is 1.35. The minimum atomic E-state index is -3.18. The highest BCUT2D eigenvalue weighted by Gasteiger charge is 2.28. The normalized spacial score (nSPS) is 15.6. The molecule has 1 fully saturated rings. The van der Waals surface area contributed by atoms with Crippen molar-refractivity contribution in [3.63, 3.8) is 0 Å². The molecule has 29 heavy (non-hydrogen) atoms. The second kappa shape index (κ2) is 9.61. The first-order chi connectivity index (χ1) is 13.9. The molecule has 0 unspecified atom stereocenters. The molecule has 0 aliphatic carbocycles. The summed E-state index contributed by atoms with van der Waals surface area (Å²) in [5, 5.41) is 17.3. The van der Waals surface area contributed by atoms with Crippen molar-refractivity contribution in [1.29, 1.82) is 0 Å². The number of piperidine rings is 1. The molecular formula is C18H25N7O3S. The molecule has 10 nitrogen and oxygen atoms in total. The second-order valence-corrected chi connectivity index (χ2v) is 8.80. The fourth-order valence-electron chi connectivity index (χ4n) is 3.05. The molecule has 0 atom stereocenters. The number of amides is 1. The molecular weight excluding hydrogens is 394 g/mol. The van der Waals surface area contributed by atoms with Gasteiger partial charge in [-0.2, -0.15) is 0 Å². The lowest BCUT2D eigenvalue weighted by atomic mass is 9.97. The van der Waals surface area contributed by atoms with Crippen LogP contribution in [0.2, 0.25) is 0 Å². The molecule has 1 aliphatic heterocycles. The molecule has 2 aromatic heterocycles. The van der Waals surface area contributed by atoms with Gasteiger partial charge in [0, 0.05) is 50.2 Å². The molecule has 3 rings (SSSR count). The van der Waals surface area contributed by atoms with Gasteiger partial charge >= 0.3 is 0 Å². The molecule has 0 bridgehead atoms. The maximum absolute atomic E-state index is 12.2. The summed E-state index contributed by atoms with van der Waals surface area (Å²) in [4.78, 5) is 16.2. The van der Waals surface area contributed by atoms with Crippen LogP contribution in [0.15, 0.2) is 36.7 Å². The number of rotatable bonds is 8. The Morgan fingerprint density at radius 3 is 2.34 bits per heavy atom. The average Bonchev–Trinajstić information content (AvgIpc) is 2.72. The van der Waals surface area contributed by atoms with E-state index in [1.165, 1.54) is 10.6 Å². The Hall–Kier alpha value is -2.79. The summed E-state index contributed by atoms with van der Waals surface area (Å²) < 4.78 is 24.5. The summed E-state index contributed by atoms with van der Waals surface area (Å²) in [5.74, 6) is 1.05. The highest BCUT2D eigenvalue weighted by atomic mass is 32.2. The molecule has 0 aromatic carbocycles. The number of carbonyl (C=O) groups is 1. The molecule has 3 heterocycles.